The van der Waals surface area contributed by atoms with Gasteiger partial charge in [0.2, 0.25) is 17.7 Å². The van der Waals surface area contributed by atoms with E-state index >= 15 is 0 Å². The third kappa shape index (κ3) is 5.61. The molecule has 1 aliphatic heterocycles. The molecule has 3 amide bonds. The number of nitrogens with zero attached hydrogens (tertiary/aromatic N) is 1. The molecule has 0 aromatic heterocycles. The van der Waals surface area contributed by atoms with Crippen molar-refractivity contribution < 1.29 is 19.5 Å². The predicted octanol–water partition coefficient (Wildman–Crippen LogP) is 1.36. The summed E-state index contributed by atoms with van der Waals surface area (Å²) < 4.78 is 0. The molecule has 1 heterocycles. The van der Waals surface area contributed by atoms with Crippen molar-refractivity contribution in [3.05, 3.63) is 35.4 Å². The van der Waals surface area contributed by atoms with Crippen LogP contribution in [0.25, 0.3) is 0 Å². The monoisotopic (exact) mass is 413 g/mol. The first-order valence-electron chi connectivity index (χ1n) is 10.1. The summed E-state index contributed by atoms with van der Waals surface area (Å²) >= 11 is 0. The number of nitrogens with one attached hydrogen (secondary N) is 2. The molecule has 7 nitrogen and oxygen atoms in total. The molecule has 3 N–H and O–H groups in total. The van der Waals surface area contributed by atoms with Crippen LogP contribution < -0.4 is 10.6 Å². The minimum Gasteiger partial charge on any atom is -0.391 e. The van der Waals surface area contributed by atoms with Crippen LogP contribution >= 0.6 is 0 Å². The van der Waals surface area contributed by atoms with Gasteiger partial charge in [-0.15, -0.1) is 6.42 Å². The van der Waals surface area contributed by atoms with Crippen molar-refractivity contribution in [3.63, 3.8) is 0 Å². The van der Waals surface area contributed by atoms with E-state index in [2.05, 4.69) is 16.6 Å². The topological polar surface area (TPSA) is 98.7 Å². The molecule has 0 spiro atoms. The zero-order chi connectivity index (χ0) is 22.6. The third-order valence-electron chi connectivity index (χ3n) is 5.26. The highest BCUT2D eigenvalue weighted by atomic mass is 16.3. The molecule has 0 saturated carbocycles. The molecule has 0 radical (unpaired) electrons. The smallest absolute Gasteiger partial charge is 0.246 e. The average molecular weight is 414 g/mol. The van der Waals surface area contributed by atoms with Gasteiger partial charge in [0.1, 0.15) is 12.1 Å². The summed E-state index contributed by atoms with van der Waals surface area (Å²) in [7, 11) is 0. The summed E-state index contributed by atoms with van der Waals surface area (Å²) in [5.74, 6) is 1.50. The van der Waals surface area contributed by atoms with Gasteiger partial charge in [0.15, 0.2) is 0 Å². The highest BCUT2D eigenvalue weighted by Crippen LogP contribution is 2.26. The van der Waals surface area contributed by atoms with Crippen LogP contribution in [0.3, 0.4) is 0 Å². The van der Waals surface area contributed by atoms with Gasteiger partial charge in [-0.3, -0.25) is 14.4 Å². The van der Waals surface area contributed by atoms with E-state index in [1.54, 1.807) is 12.1 Å². The van der Waals surface area contributed by atoms with E-state index in [9.17, 15) is 19.5 Å². The van der Waals surface area contributed by atoms with Crippen molar-refractivity contribution in [2.45, 2.75) is 65.3 Å². The fourth-order valence-corrected chi connectivity index (χ4v) is 3.58. The Morgan fingerprint density at radius 1 is 1.20 bits per heavy atom. The molecule has 0 bridgehead atoms. The molecular weight excluding hydrogens is 382 g/mol. The third-order valence-corrected chi connectivity index (χ3v) is 5.26. The first kappa shape index (κ1) is 23.4. The molecule has 3 unspecified atom stereocenters. The van der Waals surface area contributed by atoms with Crippen LogP contribution in [0.1, 0.15) is 58.2 Å². The number of β-amino-alcohol motifs (C(OH)–C–C–N with tert-alkyl or cyclic N) is 1. The van der Waals surface area contributed by atoms with Crippen molar-refractivity contribution in [1.29, 1.82) is 0 Å². The van der Waals surface area contributed by atoms with Crippen LogP contribution in [0, 0.1) is 17.8 Å². The Kier molecular flexibility index (Phi) is 7.27. The molecule has 7 heteroatoms. The standard InChI is InChI=1S/C23H31N3O4/c1-7-16-8-10-17(11-9-16)14(2)24-21(29)19-12-18(28)13-26(19)22(30)20(23(4,5)6)25-15(3)27/h1,8-11,14,18-20,28H,12-13H2,2-6H3,(H,24,29)(H,25,27)/t14-,18?,19?,20?/m0/s1. The van der Waals surface area contributed by atoms with Crippen LogP contribution in [-0.4, -0.2) is 52.5 Å². The molecule has 1 aromatic carbocycles. The van der Waals surface area contributed by atoms with Crippen molar-refractivity contribution >= 4 is 17.7 Å². The number of carbonyl (C=O) groups is 3. The number of carbonyl (C=O) groups excluding carboxylic acids is 3. The van der Waals surface area contributed by atoms with Gasteiger partial charge in [-0.1, -0.05) is 38.8 Å². The number of amides is 3. The summed E-state index contributed by atoms with van der Waals surface area (Å²) in [6.45, 7) is 8.77. The molecule has 162 valence electrons. The predicted molar refractivity (Wildman–Crippen MR) is 114 cm³/mol. The minimum atomic E-state index is -0.807. The number of terminal acetylenes is 1. The normalized spacial score (nSPS) is 20.8. The van der Waals surface area contributed by atoms with Crippen LogP contribution in [0.15, 0.2) is 24.3 Å². The number of benzene rings is 1. The molecule has 4 atom stereocenters. The Balaban J connectivity index is 2.17. The van der Waals surface area contributed by atoms with Crippen LogP contribution in [0.2, 0.25) is 0 Å². The van der Waals surface area contributed by atoms with Gasteiger partial charge in [0, 0.05) is 25.5 Å². The van der Waals surface area contributed by atoms with E-state index in [0.29, 0.717) is 0 Å². The highest BCUT2D eigenvalue weighted by molar-refractivity contribution is 5.93. The van der Waals surface area contributed by atoms with Crippen LogP contribution in [-0.2, 0) is 14.4 Å². The van der Waals surface area contributed by atoms with Crippen molar-refractivity contribution in [1.82, 2.24) is 15.5 Å². The van der Waals surface area contributed by atoms with Crippen molar-refractivity contribution in [3.8, 4) is 12.3 Å². The molecular formula is C23H31N3O4. The second-order valence-corrected chi connectivity index (χ2v) is 8.89. The fraction of sp³-hybridized carbons (Fsp3) is 0.522. The summed E-state index contributed by atoms with van der Waals surface area (Å²) in [5.41, 5.74) is 1.08. The minimum absolute atomic E-state index is 0.0499. The van der Waals surface area contributed by atoms with E-state index in [0.717, 1.165) is 11.1 Å². The number of aliphatic hydroxyl groups is 1. The number of hydrogen-bond acceptors (Lipinski definition) is 4. The zero-order valence-electron chi connectivity index (χ0n) is 18.2. The summed E-state index contributed by atoms with van der Waals surface area (Å²) in [4.78, 5) is 39.2. The SMILES string of the molecule is C#Cc1ccc([C@H](C)NC(=O)C2CC(O)CN2C(=O)C(NC(C)=O)C(C)(C)C)cc1. The first-order chi connectivity index (χ1) is 13.9. The first-order valence-corrected chi connectivity index (χ1v) is 10.1. The molecule has 1 aromatic rings. The van der Waals surface area contributed by atoms with Gasteiger partial charge in [0.05, 0.1) is 12.1 Å². The Labute approximate surface area is 178 Å². The number of likely N-dealkylation sites (tertiary alicyclic amines) is 1. The fourth-order valence-electron chi connectivity index (χ4n) is 3.58. The van der Waals surface area contributed by atoms with Gasteiger partial charge in [0.25, 0.3) is 0 Å². The maximum Gasteiger partial charge on any atom is 0.246 e. The molecule has 1 fully saturated rings. The maximum atomic E-state index is 13.2. The zero-order valence-corrected chi connectivity index (χ0v) is 18.2. The van der Waals surface area contributed by atoms with E-state index in [1.807, 2.05) is 39.8 Å². The molecule has 0 aliphatic carbocycles. The van der Waals surface area contributed by atoms with E-state index < -0.39 is 23.6 Å². The summed E-state index contributed by atoms with van der Waals surface area (Å²) in [6.07, 6.45) is 4.73. The molecule has 30 heavy (non-hydrogen) atoms. The van der Waals surface area contributed by atoms with Crippen molar-refractivity contribution in [2.75, 3.05) is 6.54 Å². The van der Waals surface area contributed by atoms with Gasteiger partial charge in [-0.2, -0.15) is 0 Å². The summed E-state index contributed by atoms with van der Waals surface area (Å²) in [5, 5.41) is 15.8. The van der Waals surface area contributed by atoms with Crippen molar-refractivity contribution in [2.24, 2.45) is 5.41 Å². The summed E-state index contributed by atoms with van der Waals surface area (Å²) in [6, 6.07) is 5.39. The Morgan fingerprint density at radius 3 is 2.30 bits per heavy atom. The lowest BCUT2D eigenvalue weighted by Crippen LogP contribution is -2.57. The van der Waals surface area contributed by atoms with Crippen LogP contribution in [0.5, 0.6) is 0 Å². The van der Waals surface area contributed by atoms with Gasteiger partial charge >= 0.3 is 0 Å². The lowest BCUT2D eigenvalue weighted by molar-refractivity contribution is -0.144. The van der Waals surface area contributed by atoms with E-state index in [1.165, 1.54) is 11.8 Å². The Bertz CT molecular complexity index is 835. The second-order valence-electron chi connectivity index (χ2n) is 8.89. The van der Waals surface area contributed by atoms with Gasteiger partial charge in [-0.05, 0) is 30.0 Å². The van der Waals surface area contributed by atoms with Gasteiger partial charge < -0.3 is 20.6 Å². The lowest BCUT2D eigenvalue weighted by atomic mass is 9.85. The molecule has 2 rings (SSSR count). The Hall–Kier alpha value is -2.85. The average Bonchev–Trinajstić information content (AvgIpc) is 3.06. The second kappa shape index (κ2) is 9.31. The highest BCUT2D eigenvalue weighted by Gasteiger charge is 2.44. The molecule has 1 saturated heterocycles. The van der Waals surface area contributed by atoms with Gasteiger partial charge in [-0.25, -0.2) is 0 Å². The largest absolute Gasteiger partial charge is 0.391 e. The lowest BCUT2D eigenvalue weighted by Gasteiger charge is -2.35. The van der Waals surface area contributed by atoms with Crippen LogP contribution in [0.4, 0.5) is 0 Å². The number of rotatable bonds is 5. The number of aliphatic hydroxyl groups excluding tert-OH is 1. The quantitative estimate of drug-likeness (QED) is 0.635. The number of hydrogen-bond donors (Lipinski definition) is 3. The Morgan fingerprint density at radius 2 is 1.80 bits per heavy atom. The van der Waals surface area contributed by atoms with E-state index in [4.69, 9.17) is 6.42 Å². The molecule has 1 aliphatic rings. The maximum absolute atomic E-state index is 13.2. The van der Waals surface area contributed by atoms with E-state index in [-0.39, 0.29) is 36.7 Å².